The molecule has 100 valence electrons. The zero-order valence-corrected chi connectivity index (χ0v) is 11.5. The van der Waals surface area contributed by atoms with E-state index in [1.165, 1.54) is 19.3 Å². The number of carbonyl (C=O) groups is 1. The van der Waals surface area contributed by atoms with Gasteiger partial charge in [-0.05, 0) is 33.1 Å². The van der Waals surface area contributed by atoms with Gasteiger partial charge in [-0.3, -0.25) is 4.79 Å². The van der Waals surface area contributed by atoms with Crippen molar-refractivity contribution in [2.24, 2.45) is 5.41 Å². The first-order valence-electron chi connectivity index (χ1n) is 6.93. The molecule has 0 aliphatic heterocycles. The maximum Gasteiger partial charge on any atom is 0.228 e. The fourth-order valence-electron chi connectivity index (χ4n) is 2.73. The molecule has 17 heavy (non-hydrogen) atoms. The molecule has 3 heteroatoms. The van der Waals surface area contributed by atoms with Gasteiger partial charge < -0.3 is 10.0 Å². The zero-order valence-electron chi connectivity index (χ0n) is 11.5. The number of hydrogen-bond donors (Lipinski definition) is 1. The molecule has 0 atom stereocenters. The number of hydrogen-bond acceptors (Lipinski definition) is 2. The largest absolute Gasteiger partial charge is 0.396 e. The maximum absolute atomic E-state index is 12.6. The number of amides is 1. The van der Waals surface area contributed by atoms with Crippen LogP contribution in [0.15, 0.2) is 0 Å². The van der Waals surface area contributed by atoms with E-state index in [1.807, 2.05) is 4.90 Å². The van der Waals surface area contributed by atoms with Crippen molar-refractivity contribution in [3.8, 4) is 0 Å². The van der Waals surface area contributed by atoms with E-state index in [0.29, 0.717) is 18.9 Å². The Morgan fingerprint density at radius 3 is 2.35 bits per heavy atom. The molecule has 1 fully saturated rings. The zero-order chi connectivity index (χ0) is 12.9. The molecule has 1 aliphatic carbocycles. The lowest BCUT2D eigenvalue weighted by molar-refractivity contribution is -0.145. The fourth-order valence-corrected chi connectivity index (χ4v) is 2.73. The number of rotatable bonds is 5. The highest BCUT2D eigenvalue weighted by Gasteiger charge is 2.38. The molecule has 0 radical (unpaired) electrons. The number of aliphatic hydroxyl groups excluding tert-OH is 1. The van der Waals surface area contributed by atoms with Crippen molar-refractivity contribution in [3.63, 3.8) is 0 Å². The molecule has 3 nitrogen and oxygen atoms in total. The molecule has 0 unspecified atom stereocenters. The van der Waals surface area contributed by atoms with E-state index in [4.69, 9.17) is 5.11 Å². The third-order valence-corrected chi connectivity index (χ3v) is 3.91. The van der Waals surface area contributed by atoms with Crippen LogP contribution in [0, 0.1) is 5.41 Å². The van der Waals surface area contributed by atoms with E-state index < -0.39 is 0 Å². The van der Waals surface area contributed by atoms with E-state index >= 15 is 0 Å². The summed E-state index contributed by atoms with van der Waals surface area (Å²) in [6, 6.07) is 0.229. The predicted octanol–water partition coefficient (Wildman–Crippen LogP) is 2.58. The van der Waals surface area contributed by atoms with Crippen molar-refractivity contribution in [2.45, 2.75) is 65.3 Å². The summed E-state index contributed by atoms with van der Waals surface area (Å²) < 4.78 is 0. The van der Waals surface area contributed by atoms with Crippen molar-refractivity contribution in [3.05, 3.63) is 0 Å². The van der Waals surface area contributed by atoms with Gasteiger partial charge in [0.15, 0.2) is 0 Å². The van der Waals surface area contributed by atoms with Crippen LogP contribution < -0.4 is 0 Å². The van der Waals surface area contributed by atoms with Crippen LogP contribution in [0.5, 0.6) is 0 Å². The lowest BCUT2D eigenvalue weighted by Crippen LogP contribution is -2.47. The topological polar surface area (TPSA) is 40.5 Å². The molecule has 1 aliphatic rings. The van der Waals surface area contributed by atoms with Crippen LogP contribution >= 0.6 is 0 Å². The highest BCUT2D eigenvalue weighted by Crippen LogP contribution is 2.37. The van der Waals surface area contributed by atoms with Crippen LogP contribution in [0.4, 0.5) is 0 Å². The second-order valence-electron chi connectivity index (χ2n) is 5.79. The Hall–Kier alpha value is -0.570. The maximum atomic E-state index is 12.6. The van der Waals surface area contributed by atoms with Gasteiger partial charge in [0.1, 0.15) is 0 Å². The Balaban J connectivity index is 2.68. The first kappa shape index (κ1) is 14.5. The first-order valence-corrected chi connectivity index (χ1v) is 6.93. The Bertz CT molecular complexity index is 245. The van der Waals surface area contributed by atoms with Gasteiger partial charge in [-0.1, -0.05) is 26.2 Å². The molecule has 1 amide bonds. The summed E-state index contributed by atoms with van der Waals surface area (Å²) in [5.74, 6) is 0.292. The fraction of sp³-hybridized carbons (Fsp3) is 0.929. The number of aliphatic hydroxyl groups is 1. The molecular weight excluding hydrogens is 214 g/mol. The molecule has 0 bridgehead atoms. The summed E-state index contributed by atoms with van der Waals surface area (Å²) in [5.41, 5.74) is -0.155. The summed E-state index contributed by atoms with van der Waals surface area (Å²) in [5, 5.41) is 8.92. The molecule has 0 aromatic heterocycles. The van der Waals surface area contributed by atoms with Crippen LogP contribution in [-0.2, 0) is 4.79 Å². The van der Waals surface area contributed by atoms with Crippen LogP contribution in [0.25, 0.3) is 0 Å². The minimum atomic E-state index is -0.155. The van der Waals surface area contributed by atoms with E-state index in [2.05, 4.69) is 20.8 Å². The SMILES string of the molecule is CC(C)N(CCCO)C(=O)C1(C)CCCCC1. The van der Waals surface area contributed by atoms with Gasteiger partial charge in [0.2, 0.25) is 5.91 Å². The summed E-state index contributed by atoms with van der Waals surface area (Å²) >= 11 is 0. The highest BCUT2D eigenvalue weighted by atomic mass is 16.3. The second kappa shape index (κ2) is 6.39. The van der Waals surface area contributed by atoms with Crippen molar-refractivity contribution in [1.82, 2.24) is 4.90 Å². The molecule has 0 aromatic carbocycles. The predicted molar refractivity (Wildman–Crippen MR) is 69.7 cm³/mol. The molecule has 1 rings (SSSR count). The molecule has 0 aromatic rings. The molecule has 0 saturated heterocycles. The third kappa shape index (κ3) is 3.70. The molecule has 1 saturated carbocycles. The standard InChI is InChI=1S/C14H27NO2/c1-12(2)15(10-7-11-16)13(17)14(3)8-5-4-6-9-14/h12,16H,4-11H2,1-3H3. The smallest absolute Gasteiger partial charge is 0.228 e. The van der Waals surface area contributed by atoms with Gasteiger partial charge in [0, 0.05) is 24.6 Å². The van der Waals surface area contributed by atoms with Crippen LogP contribution in [0.1, 0.15) is 59.3 Å². The van der Waals surface area contributed by atoms with E-state index in [0.717, 1.165) is 12.8 Å². The van der Waals surface area contributed by atoms with Crippen molar-refractivity contribution in [2.75, 3.05) is 13.2 Å². The van der Waals surface area contributed by atoms with Crippen LogP contribution in [0.2, 0.25) is 0 Å². The van der Waals surface area contributed by atoms with Gasteiger partial charge in [-0.15, -0.1) is 0 Å². The monoisotopic (exact) mass is 241 g/mol. The highest BCUT2D eigenvalue weighted by molar-refractivity contribution is 5.82. The first-order chi connectivity index (χ1) is 8.01. The lowest BCUT2D eigenvalue weighted by atomic mass is 9.74. The van der Waals surface area contributed by atoms with Crippen molar-refractivity contribution < 1.29 is 9.90 Å². The Labute approximate surface area is 105 Å². The van der Waals surface area contributed by atoms with Gasteiger partial charge in [-0.25, -0.2) is 0 Å². The Morgan fingerprint density at radius 1 is 1.29 bits per heavy atom. The molecule has 0 heterocycles. The van der Waals surface area contributed by atoms with Gasteiger partial charge in [-0.2, -0.15) is 0 Å². The minimum absolute atomic E-state index is 0.155. The van der Waals surface area contributed by atoms with Crippen molar-refractivity contribution in [1.29, 1.82) is 0 Å². The molecule has 0 spiro atoms. The van der Waals surface area contributed by atoms with E-state index in [9.17, 15) is 4.79 Å². The van der Waals surface area contributed by atoms with Crippen LogP contribution in [-0.4, -0.2) is 35.1 Å². The minimum Gasteiger partial charge on any atom is -0.396 e. The molecule has 1 N–H and O–H groups in total. The van der Waals surface area contributed by atoms with Gasteiger partial charge in [0.05, 0.1) is 0 Å². The van der Waals surface area contributed by atoms with E-state index in [-0.39, 0.29) is 18.1 Å². The number of nitrogens with zero attached hydrogens (tertiary/aromatic N) is 1. The average molecular weight is 241 g/mol. The lowest BCUT2D eigenvalue weighted by Gasteiger charge is -2.39. The second-order valence-corrected chi connectivity index (χ2v) is 5.79. The summed E-state index contributed by atoms with van der Waals surface area (Å²) in [7, 11) is 0. The average Bonchev–Trinajstić information content (AvgIpc) is 2.30. The Morgan fingerprint density at radius 2 is 1.88 bits per heavy atom. The molecular formula is C14H27NO2. The normalized spacial score (nSPS) is 19.4. The van der Waals surface area contributed by atoms with E-state index in [1.54, 1.807) is 0 Å². The summed E-state index contributed by atoms with van der Waals surface area (Å²) in [6.45, 7) is 7.07. The summed E-state index contributed by atoms with van der Waals surface area (Å²) in [6.07, 6.45) is 6.34. The quantitative estimate of drug-likeness (QED) is 0.803. The van der Waals surface area contributed by atoms with Crippen molar-refractivity contribution >= 4 is 5.91 Å². The third-order valence-electron chi connectivity index (χ3n) is 3.91. The van der Waals surface area contributed by atoms with Crippen LogP contribution in [0.3, 0.4) is 0 Å². The summed E-state index contributed by atoms with van der Waals surface area (Å²) in [4.78, 5) is 14.6. The van der Waals surface area contributed by atoms with Gasteiger partial charge in [0.25, 0.3) is 0 Å². The van der Waals surface area contributed by atoms with Gasteiger partial charge >= 0.3 is 0 Å². The number of carbonyl (C=O) groups excluding carboxylic acids is 1. The Kier molecular flexibility index (Phi) is 5.44.